The number of halogens is 1. The molecule has 1 aliphatic carbocycles. The first-order chi connectivity index (χ1) is 18.0. The highest BCUT2D eigenvalue weighted by atomic mass is 35.5. The van der Waals surface area contributed by atoms with Crippen LogP contribution in [-0.4, -0.2) is 50.0 Å². The van der Waals surface area contributed by atoms with Crippen LogP contribution in [0.2, 0.25) is 5.02 Å². The van der Waals surface area contributed by atoms with Gasteiger partial charge in [-0.2, -0.15) is 0 Å². The first-order valence-corrected chi connectivity index (χ1v) is 15.6. The number of nitrogens with zero attached hydrogens (tertiary/aromatic N) is 2. The van der Waals surface area contributed by atoms with Crippen LogP contribution in [0.25, 0.3) is 0 Å². The van der Waals surface area contributed by atoms with Gasteiger partial charge in [-0.05, 0) is 62.8 Å². The van der Waals surface area contributed by atoms with E-state index in [1.165, 1.54) is 4.31 Å². The maximum absolute atomic E-state index is 13.6. The highest BCUT2D eigenvalue weighted by Crippen LogP contribution is 2.28. The van der Waals surface area contributed by atoms with E-state index in [9.17, 15) is 18.0 Å². The number of hydrogen-bond acceptors (Lipinski definition) is 4. The van der Waals surface area contributed by atoms with Gasteiger partial charge in [0, 0.05) is 30.6 Å². The van der Waals surface area contributed by atoms with Gasteiger partial charge in [-0.15, -0.1) is 0 Å². The summed E-state index contributed by atoms with van der Waals surface area (Å²) in [4.78, 5) is 28.5. The molecule has 2 aromatic rings. The van der Waals surface area contributed by atoms with Crippen LogP contribution in [0.3, 0.4) is 0 Å². The second-order valence-corrected chi connectivity index (χ2v) is 12.6. The first kappa shape index (κ1) is 30.0. The van der Waals surface area contributed by atoms with Crippen LogP contribution in [0.5, 0.6) is 0 Å². The molecule has 1 saturated carbocycles. The predicted octanol–water partition coefficient (Wildman–Crippen LogP) is 5.37. The average molecular weight is 562 g/mol. The van der Waals surface area contributed by atoms with Gasteiger partial charge < -0.3 is 10.2 Å². The predicted molar refractivity (Wildman–Crippen MR) is 154 cm³/mol. The third-order valence-corrected chi connectivity index (χ3v) is 8.81. The van der Waals surface area contributed by atoms with Crippen molar-refractivity contribution in [1.29, 1.82) is 0 Å². The Balaban J connectivity index is 1.77. The molecule has 0 bridgehead atoms. The van der Waals surface area contributed by atoms with Gasteiger partial charge in [-0.1, -0.05) is 67.3 Å². The lowest BCUT2D eigenvalue weighted by molar-refractivity contribution is -0.141. The van der Waals surface area contributed by atoms with E-state index in [0.717, 1.165) is 43.1 Å². The Hall–Kier alpha value is -2.58. The van der Waals surface area contributed by atoms with Gasteiger partial charge in [-0.3, -0.25) is 13.9 Å². The first-order valence-electron chi connectivity index (χ1n) is 13.4. The molecule has 3 rings (SSSR count). The Kier molecular flexibility index (Phi) is 10.6. The average Bonchev–Trinajstić information content (AvgIpc) is 3.37. The van der Waals surface area contributed by atoms with Crippen LogP contribution in [0.4, 0.5) is 5.69 Å². The third kappa shape index (κ3) is 7.96. The summed E-state index contributed by atoms with van der Waals surface area (Å²) < 4.78 is 26.5. The van der Waals surface area contributed by atoms with E-state index in [0.29, 0.717) is 35.7 Å². The zero-order chi connectivity index (χ0) is 27.9. The summed E-state index contributed by atoms with van der Waals surface area (Å²) in [6, 6.07) is 12.7. The Morgan fingerprint density at radius 3 is 2.34 bits per heavy atom. The molecule has 2 aromatic carbocycles. The molecule has 0 saturated heterocycles. The third-order valence-electron chi connectivity index (χ3n) is 7.22. The summed E-state index contributed by atoms with van der Waals surface area (Å²) in [6.07, 6.45) is 6.23. The highest BCUT2D eigenvalue weighted by molar-refractivity contribution is 7.92. The number of carbonyl (C=O) groups excluding carboxylic acids is 2. The van der Waals surface area contributed by atoms with Crippen molar-refractivity contribution < 1.29 is 18.0 Å². The second-order valence-electron chi connectivity index (χ2n) is 10.2. The van der Waals surface area contributed by atoms with E-state index in [-0.39, 0.29) is 30.8 Å². The number of hydrogen-bond donors (Lipinski definition) is 1. The van der Waals surface area contributed by atoms with E-state index >= 15 is 0 Å². The van der Waals surface area contributed by atoms with Crippen LogP contribution >= 0.6 is 11.6 Å². The fourth-order valence-corrected chi connectivity index (χ4v) is 6.21. The van der Waals surface area contributed by atoms with Gasteiger partial charge >= 0.3 is 0 Å². The number of aryl methyl sites for hydroxylation is 1. The van der Waals surface area contributed by atoms with Crippen molar-refractivity contribution in [3.8, 4) is 0 Å². The minimum absolute atomic E-state index is 0.116. The Labute approximate surface area is 232 Å². The van der Waals surface area contributed by atoms with Gasteiger partial charge in [0.05, 0.1) is 11.9 Å². The summed E-state index contributed by atoms with van der Waals surface area (Å²) in [7, 11) is -3.59. The Morgan fingerprint density at radius 1 is 1.08 bits per heavy atom. The van der Waals surface area contributed by atoms with E-state index in [1.807, 2.05) is 38.1 Å². The van der Waals surface area contributed by atoms with Gasteiger partial charge in [0.2, 0.25) is 21.8 Å². The van der Waals surface area contributed by atoms with Gasteiger partial charge in [-0.25, -0.2) is 8.42 Å². The highest BCUT2D eigenvalue weighted by Gasteiger charge is 2.31. The molecule has 9 heteroatoms. The molecular formula is C29H40ClN3O4S. The molecule has 0 aromatic heterocycles. The van der Waals surface area contributed by atoms with Crippen molar-refractivity contribution >= 4 is 39.1 Å². The van der Waals surface area contributed by atoms with Gasteiger partial charge in [0.25, 0.3) is 0 Å². The number of benzene rings is 2. The number of anilines is 1. The second kappa shape index (κ2) is 13.5. The monoisotopic (exact) mass is 561 g/mol. The molecule has 2 amide bonds. The molecule has 1 N–H and O–H groups in total. The number of carbonyl (C=O) groups is 2. The molecule has 0 spiro atoms. The molecule has 7 nitrogen and oxygen atoms in total. The van der Waals surface area contributed by atoms with Gasteiger partial charge in [0.15, 0.2) is 0 Å². The summed E-state index contributed by atoms with van der Waals surface area (Å²) in [5.74, 6) is -0.289. The summed E-state index contributed by atoms with van der Waals surface area (Å²) in [5, 5.41) is 3.64. The zero-order valence-corrected chi connectivity index (χ0v) is 24.4. The lowest BCUT2D eigenvalue weighted by atomic mass is 10.1. The van der Waals surface area contributed by atoms with E-state index in [1.54, 1.807) is 30.0 Å². The Morgan fingerprint density at radius 2 is 1.74 bits per heavy atom. The van der Waals surface area contributed by atoms with E-state index < -0.39 is 16.1 Å². The maximum Gasteiger partial charge on any atom is 0.243 e. The minimum atomic E-state index is -3.59. The molecule has 0 unspecified atom stereocenters. The molecule has 1 fully saturated rings. The van der Waals surface area contributed by atoms with E-state index in [2.05, 4.69) is 5.32 Å². The fraction of sp³-hybridized carbons (Fsp3) is 0.517. The van der Waals surface area contributed by atoms with Crippen molar-refractivity contribution in [1.82, 2.24) is 10.2 Å². The molecule has 38 heavy (non-hydrogen) atoms. The van der Waals surface area contributed by atoms with Crippen LogP contribution in [0.15, 0.2) is 42.5 Å². The van der Waals surface area contributed by atoms with Crippen molar-refractivity contribution in [2.45, 2.75) is 84.3 Å². The zero-order valence-electron chi connectivity index (χ0n) is 22.9. The standard InChI is InChI=1S/C29H40ClN3O4S/c1-5-26(29(35)31-24-10-6-7-11-24)32(20-23-17-15-21(2)16-18-23)28(34)14-9-19-33(38(4,36)37)27-13-8-12-25(30)22(27)3/h8,12-13,15-18,24,26H,5-7,9-11,14,19-20H2,1-4H3,(H,31,35)/t26-/m0/s1. The topological polar surface area (TPSA) is 86.8 Å². The van der Waals surface area contributed by atoms with Crippen molar-refractivity contribution in [2.75, 3.05) is 17.1 Å². The summed E-state index contributed by atoms with van der Waals surface area (Å²) in [5.41, 5.74) is 3.24. The molecular weight excluding hydrogens is 522 g/mol. The molecule has 1 aliphatic rings. The summed E-state index contributed by atoms with van der Waals surface area (Å²) in [6.45, 7) is 6.15. The fourth-order valence-electron chi connectivity index (χ4n) is 5.03. The van der Waals surface area contributed by atoms with Crippen molar-refractivity contribution in [3.63, 3.8) is 0 Å². The molecule has 0 heterocycles. The molecule has 0 aliphatic heterocycles. The quantitative estimate of drug-likeness (QED) is 0.377. The summed E-state index contributed by atoms with van der Waals surface area (Å²) >= 11 is 6.24. The number of sulfonamides is 1. The lowest BCUT2D eigenvalue weighted by Gasteiger charge is -2.32. The van der Waals surface area contributed by atoms with Crippen LogP contribution in [-0.2, 0) is 26.2 Å². The van der Waals surface area contributed by atoms with Crippen molar-refractivity contribution in [2.24, 2.45) is 0 Å². The number of nitrogens with one attached hydrogen (secondary N) is 1. The maximum atomic E-state index is 13.6. The SMILES string of the molecule is CC[C@@H](C(=O)NC1CCCC1)N(Cc1ccc(C)cc1)C(=O)CCCN(c1cccc(Cl)c1C)S(C)(=O)=O. The van der Waals surface area contributed by atoms with Crippen molar-refractivity contribution in [3.05, 3.63) is 64.2 Å². The largest absolute Gasteiger partial charge is 0.352 e. The normalized spacial score (nSPS) is 14.8. The molecule has 1 atom stereocenters. The van der Waals surface area contributed by atoms with Gasteiger partial charge in [0.1, 0.15) is 6.04 Å². The minimum Gasteiger partial charge on any atom is -0.352 e. The van der Waals surface area contributed by atoms with E-state index in [4.69, 9.17) is 11.6 Å². The van der Waals surface area contributed by atoms with Crippen LogP contribution < -0.4 is 9.62 Å². The van der Waals surface area contributed by atoms with Crippen LogP contribution in [0.1, 0.15) is 68.6 Å². The molecule has 208 valence electrons. The number of amides is 2. The Bertz CT molecular complexity index is 1210. The van der Waals surface area contributed by atoms with Crippen LogP contribution in [0, 0.1) is 13.8 Å². The lowest BCUT2D eigenvalue weighted by Crippen LogP contribution is -2.51. The smallest absolute Gasteiger partial charge is 0.243 e. The number of rotatable bonds is 12. The molecule has 0 radical (unpaired) electrons.